The van der Waals surface area contributed by atoms with Gasteiger partial charge in [-0.3, -0.25) is 15.3 Å². The molecule has 3 rings (SSSR count). The molecule has 0 saturated carbocycles. The first-order valence-corrected chi connectivity index (χ1v) is 12.6. The lowest BCUT2D eigenvalue weighted by Crippen LogP contribution is -2.61. The summed E-state index contributed by atoms with van der Waals surface area (Å²) in [5, 5.41) is 2.54. The Balaban J connectivity index is 1.37. The number of piperidine rings is 2. The van der Waals surface area contributed by atoms with Gasteiger partial charge in [-0.2, -0.15) is 0 Å². The van der Waals surface area contributed by atoms with Gasteiger partial charge in [0, 0.05) is 32.6 Å². The van der Waals surface area contributed by atoms with Gasteiger partial charge in [0.15, 0.2) is 5.66 Å². The first kappa shape index (κ1) is 27.4. The summed E-state index contributed by atoms with van der Waals surface area (Å²) in [4.78, 5) is 53.1. The molecule has 2 fully saturated rings. The third kappa shape index (κ3) is 7.68. The monoisotopic (exact) mass is 502 g/mol. The second-order valence-electron chi connectivity index (χ2n) is 9.87. The fourth-order valence-electron chi connectivity index (χ4n) is 4.74. The first-order chi connectivity index (χ1) is 17.2. The molecule has 0 unspecified atom stereocenters. The zero-order chi connectivity index (χ0) is 26.1. The van der Waals surface area contributed by atoms with Crippen molar-refractivity contribution in [2.45, 2.75) is 57.7 Å². The van der Waals surface area contributed by atoms with Crippen molar-refractivity contribution in [3.63, 3.8) is 0 Å². The summed E-state index contributed by atoms with van der Waals surface area (Å²) in [5.74, 6) is -1.10. The molecule has 2 atom stereocenters. The lowest BCUT2D eigenvalue weighted by atomic mass is 9.91. The molecule has 0 spiro atoms. The lowest BCUT2D eigenvalue weighted by molar-refractivity contribution is -0.151. The minimum atomic E-state index is -1.61. The predicted octanol–water partition coefficient (Wildman–Crippen LogP) is 2.02. The number of hydrogen-bond donors (Lipinski definition) is 2. The zero-order valence-corrected chi connectivity index (χ0v) is 21.2. The van der Waals surface area contributed by atoms with Crippen LogP contribution >= 0.6 is 0 Å². The van der Waals surface area contributed by atoms with Crippen molar-refractivity contribution in [2.75, 3.05) is 33.3 Å². The van der Waals surface area contributed by atoms with Gasteiger partial charge in [-0.25, -0.2) is 9.59 Å². The predicted molar refractivity (Wildman–Crippen MR) is 132 cm³/mol. The van der Waals surface area contributed by atoms with Crippen LogP contribution in [0.1, 0.15) is 51.0 Å². The van der Waals surface area contributed by atoms with Gasteiger partial charge in [0.2, 0.25) is 11.8 Å². The van der Waals surface area contributed by atoms with Crippen LogP contribution in [0.2, 0.25) is 0 Å². The Morgan fingerprint density at radius 1 is 1.06 bits per heavy atom. The van der Waals surface area contributed by atoms with E-state index in [0.29, 0.717) is 51.4 Å². The summed E-state index contributed by atoms with van der Waals surface area (Å²) in [5.41, 5.74) is 5.20. The summed E-state index contributed by atoms with van der Waals surface area (Å²) in [6.07, 6.45) is 3.88. The Bertz CT molecular complexity index is 914. The Kier molecular flexibility index (Phi) is 9.69. The second-order valence-corrected chi connectivity index (χ2v) is 9.87. The number of rotatable bonds is 8. The van der Waals surface area contributed by atoms with Crippen molar-refractivity contribution < 1.29 is 28.7 Å². The molecule has 1 aromatic carbocycles. The highest BCUT2D eigenvalue weighted by Gasteiger charge is 2.36. The summed E-state index contributed by atoms with van der Waals surface area (Å²) in [7, 11) is 1.21. The van der Waals surface area contributed by atoms with E-state index in [2.05, 4.69) is 10.1 Å². The van der Waals surface area contributed by atoms with Crippen molar-refractivity contribution in [3.05, 3.63) is 35.9 Å². The molecule has 36 heavy (non-hydrogen) atoms. The standard InChI is InChI=1S/C26H38N4O6/c1-26(27,24(33)35-2)28-23(32)21-9-6-14-30(17-21)22(31)11-10-19-12-15-29(16-13-19)25(34)36-18-20-7-4-3-5-8-20/h3-5,7-8,19,21H,6,9-18,27H2,1-2H3,(H,28,32)/t21-,26+/m1/s1. The summed E-state index contributed by atoms with van der Waals surface area (Å²) >= 11 is 0. The highest BCUT2D eigenvalue weighted by atomic mass is 16.6. The molecule has 2 saturated heterocycles. The Labute approximate surface area is 212 Å². The number of likely N-dealkylation sites (tertiary alicyclic amines) is 2. The number of benzene rings is 1. The number of methoxy groups -OCH3 is 1. The van der Waals surface area contributed by atoms with Gasteiger partial charge < -0.3 is 24.6 Å². The van der Waals surface area contributed by atoms with Crippen LogP contribution < -0.4 is 11.1 Å². The molecule has 0 aliphatic carbocycles. The molecule has 0 bridgehead atoms. The van der Waals surface area contributed by atoms with Crippen LogP contribution in [0.15, 0.2) is 30.3 Å². The van der Waals surface area contributed by atoms with E-state index in [0.717, 1.165) is 24.8 Å². The van der Waals surface area contributed by atoms with Gasteiger partial charge in [-0.1, -0.05) is 30.3 Å². The number of esters is 1. The Hall–Kier alpha value is -3.14. The largest absolute Gasteiger partial charge is 0.466 e. The van der Waals surface area contributed by atoms with Crippen LogP contribution in [0.4, 0.5) is 4.79 Å². The maximum absolute atomic E-state index is 12.9. The van der Waals surface area contributed by atoms with Crippen molar-refractivity contribution in [2.24, 2.45) is 17.6 Å². The average molecular weight is 503 g/mol. The molecule has 10 heteroatoms. The number of nitrogens with zero attached hydrogens (tertiary/aromatic N) is 2. The van der Waals surface area contributed by atoms with Gasteiger partial charge in [0.25, 0.3) is 0 Å². The summed E-state index contributed by atoms with van der Waals surface area (Å²) in [6, 6.07) is 9.59. The normalized spacial score (nSPS) is 20.2. The van der Waals surface area contributed by atoms with Crippen LogP contribution in [-0.2, 0) is 30.5 Å². The minimum Gasteiger partial charge on any atom is -0.466 e. The van der Waals surface area contributed by atoms with Crippen molar-refractivity contribution >= 4 is 23.9 Å². The SMILES string of the molecule is COC(=O)[C@@](C)(N)NC(=O)[C@@H]1CCCN(C(=O)CCC2CCN(C(=O)OCc3ccccc3)CC2)C1. The van der Waals surface area contributed by atoms with Crippen LogP contribution in [0.5, 0.6) is 0 Å². The minimum absolute atomic E-state index is 0.0284. The number of ether oxygens (including phenoxy) is 2. The molecule has 1 aromatic rings. The Morgan fingerprint density at radius 2 is 1.75 bits per heavy atom. The van der Waals surface area contributed by atoms with Crippen molar-refractivity contribution in [1.29, 1.82) is 0 Å². The molecular weight excluding hydrogens is 464 g/mol. The first-order valence-electron chi connectivity index (χ1n) is 12.6. The van der Waals surface area contributed by atoms with E-state index in [-0.39, 0.29) is 24.5 Å². The van der Waals surface area contributed by atoms with Crippen molar-refractivity contribution in [1.82, 2.24) is 15.1 Å². The number of carbonyl (C=O) groups excluding carboxylic acids is 4. The molecule has 3 N–H and O–H groups in total. The van der Waals surface area contributed by atoms with E-state index < -0.39 is 17.6 Å². The number of carbonyl (C=O) groups is 4. The van der Waals surface area contributed by atoms with Gasteiger partial charge in [-0.05, 0) is 50.5 Å². The molecule has 2 aliphatic rings. The van der Waals surface area contributed by atoms with Gasteiger partial charge in [0.05, 0.1) is 13.0 Å². The number of nitrogens with one attached hydrogen (secondary N) is 1. The van der Waals surface area contributed by atoms with Crippen molar-refractivity contribution in [3.8, 4) is 0 Å². The fraction of sp³-hybridized carbons (Fsp3) is 0.615. The second kappa shape index (κ2) is 12.7. The third-order valence-electron chi connectivity index (χ3n) is 6.98. The highest BCUT2D eigenvalue weighted by Crippen LogP contribution is 2.24. The Morgan fingerprint density at radius 3 is 2.42 bits per heavy atom. The maximum Gasteiger partial charge on any atom is 0.410 e. The number of amides is 3. The summed E-state index contributed by atoms with van der Waals surface area (Å²) in [6.45, 7) is 3.82. The third-order valence-corrected chi connectivity index (χ3v) is 6.98. The molecule has 0 radical (unpaired) electrons. The van der Waals surface area contributed by atoms with Crippen LogP contribution in [0, 0.1) is 11.8 Å². The zero-order valence-electron chi connectivity index (χ0n) is 21.2. The smallest absolute Gasteiger partial charge is 0.410 e. The van der Waals surface area contributed by atoms with E-state index in [4.69, 9.17) is 10.5 Å². The molecule has 0 aromatic heterocycles. The molecule has 10 nitrogen and oxygen atoms in total. The van der Waals surface area contributed by atoms with E-state index >= 15 is 0 Å². The maximum atomic E-state index is 12.9. The van der Waals surface area contributed by atoms with Gasteiger partial charge in [-0.15, -0.1) is 0 Å². The van der Waals surface area contributed by atoms with E-state index in [1.54, 1.807) is 9.80 Å². The van der Waals surface area contributed by atoms with E-state index in [1.165, 1.54) is 14.0 Å². The van der Waals surface area contributed by atoms with Crippen LogP contribution in [-0.4, -0.2) is 72.6 Å². The quantitative estimate of drug-likeness (QED) is 0.411. The average Bonchev–Trinajstić information content (AvgIpc) is 2.90. The van der Waals surface area contributed by atoms with E-state index in [9.17, 15) is 19.2 Å². The number of nitrogens with two attached hydrogens (primary N) is 1. The van der Waals surface area contributed by atoms with Gasteiger partial charge in [0.1, 0.15) is 6.61 Å². The summed E-state index contributed by atoms with van der Waals surface area (Å²) < 4.78 is 10.0. The topological polar surface area (TPSA) is 131 Å². The number of hydrogen-bond acceptors (Lipinski definition) is 7. The van der Waals surface area contributed by atoms with Crippen LogP contribution in [0.25, 0.3) is 0 Å². The highest BCUT2D eigenvalue weighted by molar-refractivity contribution is 5.88. The molecule has 2 aliphatic heterocycles. The lowest BCUT2D eigenvalue weighted by Gasteiger charge is -2.35. The molecular formula is C26H38N4O6. The van der Waals surface area contributed by atoms with Crippen LogP contribution in [0.3, 0.4) is 0 Å². The molecule has 2 heterocycles. The molecule has 3 amide bonds. The fourth-order valence-corrected chi connectivity index (χ4v) is 4.74. The van der Waals surface area contributed by atoms with Gasteiger partial charge >= 0.3 is 12.1 Å². The molecule has 198 valence electrons. The van der Waals surface area contributed by atoms with E-state index in [1.807, 2.05) is 30.3 Å².